The Bertz CT molecular complexity index is 860. The predicted molar refractivity (Wildman–Crippen MR) is 144 cm³/mol. The maximum absolute atomic E-state index is 13.9. The maximum atomic E-state index is 13.9. The Kier molecular flexibility index (Phi) is 18.7. The summed E-state index contributed by atoms with van der Waals surface area (Å²) in [4.78, 5) is 34.2. The highest BCUT2D eigenvalue weighted by atomic mass is 79.9. The van der Waals surface area contributed by atoms with Crippen LogP contribution in [0.15, 0.2) is 30.3 Å². The van der Waals surface area contributed by atoms with Crippen LogP contribution in [0.5, 0.6) is 0 Å². The van der Waals surface area contributed by atoms with Crippen molar-refractivity contribution in [1.82, 2.24) is 5.32 Å². The van der Waals surface area contributed by atoms with Gasteiger partial charge in [0.15, 0.2) is 0 Å². The number of nitrogens with one attached hydrogen (secondary N) is 1. The Labute approximate surface area is 238 Å². The van der Waals surface area contributed by atoms with Crippen LogP contribution < -0.4 is 11.1 Å². The number of carbonyl (C=O) groups is 3. The monoisotopic (exact) mass is 632 g/mol. The summed E-state index contributed by atoms with van der Waals surface area (Å²) >= 11 is 0. The molecule has 39 heavy (non-hydrogen) atoms. The first kappa shape index (κ1) is 38.7. The lowest BCUT2D eigenvalue weighted by molar-refractivity contribution is -0.146. The molecule has 0 aromatic heterocycles. The lowest BCUT2D eigenvalue weighted by Crippen LogP contribution is -2.45. The number of rotatable bonds is 13. The summed E-state index contributed by atoms with van der Waals surface area (Å²) in [7, 11) is 2.20. The number of nitrogens with two attached hydrogens (primary N) is 1. The molecule has 0 aliphatic heterocycles. The Morgan fingerprint density at radius 3 is 1.72 bits per heavy atom. The fourth-order valence-corrected chi connectivity index (χ4v) is 3.46. The van der Waals surface area contributed by atoms with Crippen molar-refractivity contribution < 1.29 is 46.2 Å². The van der Waals surface area contributed by atoms with E-state index in [0.717, 1.165) is 19.8 Å². The van der Waals surface area contributed by atoms with E-state index in [1.807, 2.05) is 6.07 Å². The van der Waals surface area contributed by atoms with E-state index in [9.17, 15) is 31.9 Å². The van der Waals surface area contributed by atoms with Crippen molar-refractivity contribution in [2.24, 2.45) is 17.6 Å². The molecule has 1 aromatic carbocycles. The van der Waals surface area contributed by atoms with Crippen LogP contribution in [0.25, 0.3) is 0 Å². The number of alkyl halides is 4. The molecule has 3 N–H and O–H groups in total. The minimum atomic E-state index is -3.10. The Morgan fingerprint density at radius 1 is 0.821 bits per heavy atom. The highest BCUT2D eigenvalue weighted by Crippen LogP contribution is 2.29. The molecule has 0 saturated heterocycles. The van der Waals surface area contributed by atoms with Crippen LogP contribution in [0.4, 0.5) is 22.4 Å². The maximum Gasteiger partial charge on any atom is 0.408 e. The van der Waals surface area contributed by atoms with Crippen molar-refractivity contribution >= 4 is 35.0 Å². The lowest BCUT2D eigenvalue weighted by Gasteiger charge is -2.23. The molecule has 13 heteroatoms. The van der Waals surface area contributed by atoms with Gasteiger partial charge in [0.1, 0.15) is 18.7 Å². The van der Waals surface area contributed by atoms with Gasteiger partial charge in [-0.15, -0.1) is 17.0 Å². The molecule has 0 fully saturated rings. The Balaban J connectivity index is 0. The molecule has 0 heterocycles. The van der Waals surface area contributed by atoms with Gasteiger partial charge in [-0.25, -0.2) is 27.2 Å². The summed E-state index contributed by atoms with van der Waals surface area (Å²) in [5, 5.41) is 2.15. The van der Waals surface area contributed by atoms with Crippen LogP contribution in [-0.4, -0.2) is 56.2 Å². The zero-order valence-electron chi connectivity index (χ0n) is 23.2. The van der Waals surface area contributed by atoms with Gasteiger partial charge in [-0.05, 0) is 17.4 Å². The number of methoxy groups -OCH3 is 2. The van der Waals surface area contributed by atoms with Crippen molar-refractivity contribution in [3.8, 4) is 0 Å². The van der Waals surface area contributed by atoms with Gasteiger partial charge in [-0.1, -0.05) is 58.0 Å². The van der Waals surface area contributed by atoms with Gasteiger partial charge in [0.2, 0.25) is 0 Å². The second kappa shape index (κ2) is 18.8. The topological polar surface area (TPSA) is 117 Å². The first-order valence-electron chi connectivity index (χ1n) is 12.2. The van der Waals surface area contributed by atoms with E-state index in [1.54, 1.807) is 52.0 Å². The standard InChI is InChI=1S/C17H23F2NO4.C9H17F2NO2.BrH/c1-12(2)9-17(18,19)10-14(15(21)23-3)20-16(22)24-11-13-7-5-4-6-8-13;1-6(2)4-9(10,11)5-7(12)8(13)14-3;/h4-8,12,14H,9-11H2,1-3H3,(H,20,22);6-7H,4-5,12H2,1-3H3;1H/t14-;7-;/m00./s1. The first-order chi connectivity index (χ1) is 17.5. The third-order valence-corrected chi connectivity index (χ3v) is 4.93. The highest BCUT2D eigenvalue weighted by Gasteiger charge is 2.38. The quantitative estimate of drug-likeness (QED) is 0.164. The van der Waals surface area contributed by atoms with Gasteiger partial charge >= 0.3 is 18.0 Å². The van der Waals surface area contributed by atoms with Gasteiger partial charge in [0.05, 0.1) is 14.2 Å². The van der Waals surface area contributed by atoms with Crippen LogP contribution in [-0.2, 0) is 30.4 Å². The zero-order valence-corrected chi connectivity index (χ0v) is 24.9. The molecule has 0 aliphatic carbocycles. The molecule has 0 radical (unpaired) electrons. The number of amides is 1. The zero-order chi connectivity index (χ0) is 29.5. The number of alkyl carbamates (subject to hydrolysis) is 1. The first-order valence-corrected chi connectivity index (χ1v) is 12.2. The molecule has 0 aliphatic rings. The largest absolute Gasteiger partial charge is 0.468 e. The third-order valence-electron chi connectivity index (χ3n) is 4.93. The molecule has 8 nitrogen and oxygen atoms in total. The molecule has 1 aromatic rings. The van der Waals surface area contributed by atoms with E-state index in [4.69, 9.17) is 10.5 Å². The van der Waals surface area contributed by atoms with E-state index in [1.165, 1.54) is 0 Å². The SMILES string of the molecule is Br.COC(=O)[C@@H](N)CC(F)(F)CC(C)C.COC(=O)[C@H](CC(F)(F)CC(C)C)NC(=O)OCc1ccccc1. The van der Waals surface area contributed by atoms with Crippen LogP contribution in [0.3, 0.4) is 0 Å². The van der Waals surface area contributed by atoms with E-state index in [2.05, 4.69) is 14.8 Å². The fraction of sp³-hybridized carbons (Fsp3) is 0.654. The molecule has 2 atom stereocenters. The molecule has 0 bridgehead atoms. The molecule has 0 spiro atoms. The van der Waals surface area contributed by atoms with Crippen molar-refractivity contribution in [2.75, 3.05) is 14.2 Å². The predicted octanol–water partition coefficient (Wildman–Crippen LogP) is 5.66. The highest BCUT2D eigenvalue weighted by molar-refractivity contribution is 8.93. The summed E-state index contributed by atoms with van der Waals surface area (Å²) in [5.41, 5.74) is 5.98. The third kappa shape index (κ3) is 18.5. The second-order valence-electron chi connectivity index (χ2n) is 9.73. The average Bonchev–Trinajstić information content (AvgIpc) is 2.80. The van der Waals surface area contributed by atoms with Gasteiger partial charge in [-0.2, -0.15) is 0 Å². The Morgan fingerprint density at radius 2 is 1.28 bits per heavy atom. The molecule has 1 amide bonds. The van der Waals surface area contributed by atoms with Crippen molar-refractivity contribution in [1.29, 1.82) is 0 Å². The number of ether oxygens (including phenoxy) is 3. The lowest BCUT2D eigenvalue weighted by atomic mass is 9.99. The molecule has 0 unspecified atom stereocenters. The Hall–Kier alpha value is -2.41. The van der Waals surface area contributed by atoms with E-state index < -0.39 is 54.8 Å². The number of halogens is 5. The summed E-state index contributed by atoms with van der Waals surface area (Å²) in [6.07, 6.45) is -3.09. The van der Waals surface area contributed by atoms with E-state index >= 15 is 0 Å². The van der Waals surface area contributed by atoms with Gasteiger partial charge in [0.25, 0.3) is 11.8 Å². The number of hydrogen-bond acceptors (Lipinski definition) is 7. The van der Waals surface area contributed by atoms with Gasteiger partial charge in [0, 0.05) is 25.7 Å². The average molecular weight is 634 g/mol. The minimum Gasteiger partial charge on any atom is -0.468 e. The number of benzene rings is 1. The molecule has 1 rings (SSSR count). The molecule has 0 saturated carbocycles. The van der Waals surface area contributed by atoms with Gasteiger partial charge in [-0.3, -0.25) is 4.79 Å². The number of esters is 2. The van der Waals surface area contributed by atoms with Crippen LogP contribution in [0.2, 0.25) is 0 Å². The fourth-order valence-electron chi connectivity index (χ4n) is 3.46. The van der Waals surface area contributed by atoms with Crippen molar-refractivity contribution in [3.63, 3.8) is 0 Å². The van der Waals surface area contributed by atoms with E-state index in [0.29, 0.717) is 0 Å². The van der Waals surface area contributed by atoms with Crippen molar-refractivity contribution in [2.45, 2.75) is 83.9 Å². The number of carbonyl (C=O) groups excluding carboxylic acids is 3. The minimum absolute atomic E-state index is 0. The van der Waals surface area contributed by atoms with Crippen LogP contribution >= 0.6 is 17.0 Å². The van der Waals surface area contributed by atoms with Gasteiger partial charge < -0.3 is 25.3 Å². The number of hydrogen-bond donors (Lipinski definition) is 2. The summed E-state index contributed by atoms with van der Waals surface area (Å²) in [6.45, 7) is 6.67. The molecular weight excluding hydrogens is 592 g/mol. The summed E-state index contributed by atoms with van der Waals surface area (Å²) in [5.74, 6) is -8.11. The molecule has 226 valence electrons. The summed E-state index contributed by atoms with van der Waals surface area (Å²) in [6, 6.07) is 6.17. The molecular formula is C26H41BrF4N2O6. The normalized spacial score (nSPS) is 12.8. The van der Waals surface area contributed by atoms with Crippen LogP contribution in [0.1, 0.15) is 58.9 Å². The van der Waals surface area contributed by atoms with E-state index in [-0.39, 0.29) is 48.3 Å². The van der Waals surface area contributed by atoms with Crippen molar-refractivity contribution in [3.05, 3.63) is 35.9 Å². The van der Waals surface area contributed by atoms with Crippen LogP contribution in [0, 0.1) is 11.8 Å². The smallest absolute Gasteiger partial charge is 0.408 e. The second-order valence-corrected chi connectivity index (χ2v) is 9.73. The summed E-state index contributed by atoms with van der Waals surface area (Å²) < 4.78 is 67.8.